The molecule has 2 atom stereocenters. The molecule has 1 amide bonds. The SMILES string of the molecule is CC[C@@H]1C[C@H](c2ccccc2)CN1C(=O)OC(C)(C)C. The Morgan fingerprint density at radius 1 is 1.30 bits per heavy atom. The molecule has 2 rings (SSSR count). The first-order valence-electron chi connectivity index (χ1n) is 7.45. The summed E-state index contributed by atoms with van der Waals surface area (Å²) in [5, 5.41) is 0. The molecule has 3 heteroatoms. The summed E-state index contributed by atoms with van der Waals surface area (Å²) in [5.41, 5.74) is 0.886. The van der Waals surface area contributed by atoms with Crippen molar-refractivity contribution in [3.63, 3.8) is 0 Å². The largest absolute Gasteiger partial charge is 0.444 e. The van der Waals surface area contributed by atoms with E-state index in [4.69, 9.17) is 4.74 Å². The molecule has 1 fully saturated rings. The van der Waals surface area contributed by atoms with Crippen molar-refractivity contribution in [2.75, 3.05) is 6.54 Å². The molecular weight excluding hydrogens is 250 g/mol. The van der Waals surface area contributed by atoms with Crippen LogP contribution in [-0.2, 0) is 4.74 Å². The van der Waals surface area contributed by atoms with Crippen LogP contribution in [0.3, 0.4) is 0 Å². The van der Waals surface area contributed by atoms with Crippen LogP contribution >= 0.6 is 0 Å². The average molecular weight is 275 g/mol. The molecule has 0 N–H and O–H groups in total. The maximum Gasteiger partial charge on any atom is 0.410 e. The maximum absolute atomic E-state index is 12.3. The molecule has 1 saturated heterocycles. The third-order valence-electron chi connectivity index (χ3n) is 3.78. The van der Waals surface area contributed by atoms with Crippen LogP contribution in [0.5, 0.6) is 0 Å². The van der Waals surface area contributed by atoms with Crippen molar-refractivity contribution in [3.05, 3.63) is 35.9 Å². The van der Waals surface area contributed by atoms with E-state index in [2.05, 4.69) is 31.2 Å². The molecule has 110 valence electrons. The number of hydrogen-bond acceptors (Lipinski definition) is 2. The minimum absolute atomic E-state index is 0.178. The molecule has 0 spiro atoms. The van der Waals surface area contributed by atoms with E-state index in [1.165, 1.54) is 5.56 Å². The Bertz CT molecular complexity index is 450. The van der Waals surface area contributed by atoms with E-state index in [-0.39, 0.29) is 12.1 Å². The van der Waals surface area contributed by atoms with E-state index in [9.17, 15) is 4.79 Å². The van der Waals surface area contributed by atoms with Crippen LogP contribution in [0.25, 0.3) is 0 Å². The zero-order chi connectivity index (χ0) is 14.8. The van der Waals surface area contributed by atoms with Crippen molar-refractivity contribution >= 4 is 6.09 Å². The van der Waals surface area contributed by atoms with Gasteiger partial charge in [-0.15, -0.1) is 0 Å². The topological polar surface area (TPSA) is 29.5 Å². The zero-order valence-corrected chi connectivity index (χ0v) is 12.9. The minimum Gasteiger partial charge on any atom is -0.444 e. The second kappa shape index (κ2) is 5.86. The van der Waals surface area contributed by atoms with Gasteiger partial charge >= 0.3 is 6.09 Å². The third kappa shape index (κ3) is 3.53. The van der Waals surface area contributed by atoms with E-state index in [1.807, 2.05) is 31.7 Å². The Morgan fingerprint density at radius 3 is 2.50 bits per heavy atom. The Kier molecular flexibility index (Phi) is 4.36. The van der Waals surface area contributed by atoms with Gasteiger partial charge < -0.3 is 9.64 Å². The summed E-state index contributed by atoms with van der Waals surface area (Å²) in [6.45, 7) is 8.64. The highest BCUT2D eigenvalue weighted by Crippen LogP contribution is 2.33. The van der Waals surface area contributed by atoms with Gasteiger partial charge in [-0.1, -0.05) is 37.3 Å². The van der Waals surface area contributed by atoms with E-state index in [1.54, 1.807) is 0 Å². The predicted molar refractivity (Wildman–Crippen MR) is 80.8 cm³/mol. The average Bonchev–Trinajstić information content (AvgIpc) is 2.82. The van der Waals surface area contributed by atoms with Crippen LogP contribution in [0.2, 0.25) is 0 Å². The van der Waals surface area contributed by atoms with Crippen LogP contribution in [0, 0.1) is 0 Å². The van der Waals surface area contributed by atoms with Gasteiger partial charge in [-0.05, 0) is 39.2 Å². The van der Waals surface area contributed by atoms with Crippen LogP contribution in [-0.4, -0.2) is 29.2 Å². The smallest absolute Gasteiger partial charge is 0.410 e. The summed E-state index contributed by atoms with van der Waals surface area (Å²) >= 11 is 0. The van der Waals surface area contributed by atoms with Gasteiger partial charge in [-0.2, -0.15) is 0 Å². The number of rotatable bonds is 2. The Hall–Kier alpha value is -1.51. The number of likely N-dealkylation sites (tertiary alicyclic amines) is 1. The van der Waals surface area contributed by atoms with Crippen molar-refractivity contribution in [2.24, 2.45) is 0 Å². The van der Waals surface area contributed by atoms with E-state index < -0.39 is 5.60 Å². The molecule has 0 radical (unpaired) electrons. The normalized spacial score (nSPS) is 22.9. The third-order valence-corrected chi connectivity index (χ3v) is 3.78. The summed E-state index contributed by atoms with van der Waals surface area (Å²) < 4.78 is 5.52. The maximum atomic E-state index is 12.3. The summed E-state index contributed by atoms with van der Waals surface area (Å²) in [6, 6.07) is 10.7. The van der Waals surface area contributed by atoms with Gasteiger partial charge in [0, 0.05) is 18.5 Å². The number of hydrogen-bond donors (Lipinski definition) is 0. The molecule has 1 aromatic carbocycles. The molecule has 3 nitrogen and oxygen atoms in total. The molecule has 1 heterocycles. The van der Waals surface area contributed by atoms with Crippen LogP contribution in [0.15, 0.2) is 30.3 Å². The van der Waals surface area contributed by atoms with Crippen molar-refractivity contribution in [1.82, 2.24) is 4.90 Å². The van der Waals surface area contributed by atoms with Gasteiger partial charge in [0.15, 0.2) is 0 Å². The van der Waals surface area contributed by atoms with E-state index >= 15 is 0 Å². The lowest BCUT2D eigenvalue weighted by atomic mass is 9.96. The van der Waals surface area contributed by atoms with Crippen LogP contribution < -0.4 is 0 Å². The van der Waals surface area contributed by atoms with Crippen molar-refractivity contribution in [1.29, 1.82) is 0 Å². The number of ether oxygens (including phenoxy) is 1. The Labute approximate surface area is 121 Å². The summed E-state index contributed by atoms with van der Waals surface area (Å²) in [7, 11) is 0. The quantitative estimate of drug-likeness (QED) is 0.810. The summed E-state index contributed by atoms with van der Waals surface area (Å²) in [6.07, 6.45) is 1.82. The van der Waals surface area contributed by atoms with E-state index in [0.29, 0.717) is 5.92 Å². The first-order chi connectivity index (χ1) is 9.40. The molecule has 1 aliphatic heterocycles. The fourth-order valence-electron chi connectivity index (χ4n) is 2.81. The fraction of sp³-hybridized carbons (Fsp3) is 0.588. The lowest BCUT2D eigenvalue weighted by molar-refractivity contribution is 0.0222. The zero-order valence-electron chi connectivity index (χ0n) is 12.9. The molecule has 0 unspecified atom stereocenters. The number of benzene rings is 1. The standard InChI is InChI=1S/C17H25NO2/c1-5-15-11-14(13-9-7-6-8-10-13)12-18(15)16(19)20-17(2,3)4/h6-10,14-15H,5,11-12H2,1-4H3/t14-,15+/m0/s1. The molecule has 20 heavy (non-hydrogen) atoms. The monoisotopic (exact) mass is 275 g/mol. The second-order valence-corrected chi connectivity index (χ2v) is 6.54. The van der Waals surface area contributed by atoms with E-state index in [0.717, 1.165) is 19.4 Å². The van der Waals surface area contributed by atoms with Gasteiger partial charge in [0.05, 0.1) is 0 Å². The number of carbonyl (C=O) groups is 1. The number of carbonyl (C=O) groups excluding carboxylic acids is 1. The molecule has 0 aliphatic carbocycles. The number of amides is 1. The van der Waals surface area contributed by atoms with Gasteiger partial charge in [-0.25, -0.2) is 4.79 Å². The summed E-state index contributed by atoms with van der Waals surface area (Å²) in [5.74, 6) is 0.425. The van der Waals surface area contributed by atoms with Crippen LogP contribution in [0.4, 0.5) is 4.79 Å². The first-order valence-corrected chi connectivity index (χ1v) is 7.45. The lowest BCUT2D eigenvalue weighted by Gasteiger charge is -2.28. The predicted octanol–water partition coefficient (Wildman–Crippen LogP) is 4.19. The van der Waals surface area contributed by atoms with Gasteiger partial charge in [0.2, 0.25) is 0 Å². The van der Waals surface area contributed by atoms with Gasteiger partial charge in [-0.3, -0.25) is 0 Å². The highest BCUT2D eigenvalue weighted by molar-refractivity contribution is 5.69. The van der Waals surface area contributed by atoms with Crippen LogP contribution in [0.1, 0.15) is 52.0 Å². The summed E-state index contributed by atoms with van der Waals surface area (Å²) in [4.78, 5) is 14.2. The van der Waals surface area contributed by atoms with Crippen molar-refractivity contribution in [2.45, 2.75) is 58.1 Å². The molecule has 0 bridgehead atoms. The highest BCUT2D eigenvalue weighted by atomic mass is 16.6. The Balaban J connectivity index is 2.09. The lowest BCUT2D eigenvalue weighted by Crippen LogP contribution is -2.39. The Morgan fingerprint density at radius 2 is 1.95 bits per heavy atom. The molecule has 1 aliphatic rings. The van der Waals surface area contributed by atoms with Gasteiger partial charge in [0.1, 0.15) is 5.60 Å². The number of nitrogens with zero attached hydrogens (tertiary/aromatic N) is 1. The van der Waals surface area contributed by atoms with Gasteiger partial charge in [0.25, 0.3) is 0 Å². The molecule has 1 aromatic rings. The first kappa shape index (κ1) is 14.9. The minimum atomic E-state index is -0.430. The second-order valence-electron chi connectivity index (χ2n) is 6.54. The molecule has 0 saturated carbocycles. The molecule has 0 aromatic heterocycles. The molecular formula is C17H25NO2. The highest BCUT2D eigenvalue weighted by Gasteiger charge is 2.36. The van der Waals surface area contributed by atoms with Crippen molar-refractivity contribution < 1.29 is 9.53 Å². The van der Waals surface area contributed by atoms with Crippen molar-refractivity contribution in [3.8, 4) is 0 Å². The fourth-order valence-corrected chi connectivity index (χ4v) is 2.81.